The summed E-state index contributed by atoms with van der Waals surface area (Å²) in [4.78, 5) is 18.5. The number of carbonyl (C=O) groups is 1. The van der Waals surface area contributed by atoms with E-state index in [1.165, 1.54) is 12.1 Å². The Morgan fingerprint density at radius 1 is 1.16 bits per heavy atom. The number of amides is 1. The lowest BCUT2D eigenvalue weighted by Crippen LogP contribution is -2.44. The molecule has 0 spiro atoms. The second kappa shape index (κ2) is 13.2. The number of guanidine groups is 1. The number of nitrogens with one attached hydrogen (secondary N) is 3. The van der Waals surface area contributed by atoms with Crippen LogP contribution in [0, 0.1) is 11.6 Å². The van der Waals surface area contributed by atoms with Gasteiger partial charge >= 0.3 is 0 Å². The summed E-state index contributed by atoms with van der Waals surface area (Å²) in [6.07, 6.45) is 1.54. The van der Waals surface area contributed by atoms with E-state index in [1.54, 1.807) is 12.1 Å². The van der Waals surface area contributed by atoms with E-state index < -0.39 is 11.6 Å². The highest BCUT2D eigenvalue weighted by molar-refractivity contribution is 14.0. The average Bonchev–Trinajstić information content (AvgIpc) is 3.22. The van der Waals surface area contributed by atoms with Gasteiger partial charge in [-0.25, -0.2) is 8.78 Å². The van der Waals surface area contributed by atoms with Crippen LogP contribution in [-0.2, 0) is 0 Å². The first kappa shape index (κ1) is 25.8. The molecule has 3 rings (SSSR count). The predicted molar refractivity (Wildman–Crippen MR) is 135 cm³/mol. The molecule has 0 saturated carbocycles. The fourth-order valence-electron chi connectivity index (χ4n) is 3.51. The molecule has 2 aromatic rings. The van der Waals surface area contributed by atoms with Gasteiger partial charge in [-0.05, 0) is 44.0 Å². The van der Waals surface area contributed by atoms with E-state index in [2.05, 4.69) is 20.9 Å². The molecule has 1 saturated heterocycles. The molecular weight excluding hydrogens is 527 g/mol. The average molecular weight is 557 g/mol. The summed E-state index contributed by atoms with van der Waals surface area (Å²) in [6, 6.07) is 12.9. The van der Waals surface area contributed by atoms with Crippen molar-refractivity contribution >= 4 is 41.5 Å². The molecule has 1 amide bonds. The quantitative estimate of drug-likeness (QED) is 0.201. The molecule has 2 aromatic carbocycles. The lowest BCUT2D eigenvalue weighted by molar-refractivity contribution is 0.0953. The van der Waals surface area contributed by atoms with Gasteiger partial charge in [0.05, 0.1) is 5.69 Å². The van der Waals surface area contributed by atoms with Gasteiger partial charge in [-0.1, -0.05) is 18.2 Å². The van der Waals surface area contributed by atoms with Crippen molar-refractivity contribution in [1.29, 1.82) is 0 Å². The molecule has 1 unspecified atom stereocenters. The number of carbonyl (C=O) groups excluding carboxylic acids is 1. The Kier molecular flexibility index (Phi) is 10.6. The largest absolute Gasteiger partial charge is 0.367 e. The Morgan fingerprint density at radius 2 is 1.94 bits per heavy atom. The number of benzene rings is 2. The fourth-order valence-corrected chi connectivity index (χ4v) is 3.51. The van der Waals surface area contributed by atoms with Crippen molar-refractivity contribution in [3.05, 3.63) is 65.7 Å². The second-order valence-corrected chi connectivity index (χ2v) is 7.41. The topological polar surface area (TPSA) is 68.8 Å². The number of nitrogens with zero attached hydrogens (tertiary/aromatic N) is 2. The maximum atomic E-state index is 14.0. The molecule has 1 aliphatic rings. The molecule has 0 aromatic heterocycles. The number of anilines is 1. The smallest absolute Gasteiger partial charge is 0.251 e. The number of halogens is 3. The maximum absolute atomic E-state index is 14.0. The highest BCUT2D eigenvalue weighted by atomic mass is 127. The van der Waals surface area contributed by atoms with Crippen LogP contribution in [0.15, 0.2) is 53.5 Å². The molecule has 9 heteroatoms. The van der Waals surface area contributed by atoms with Crippen LogP contribution in [-0.4, -0.2) is 50.6 Å². The van der Waals surface area contributed by atoms with Gasteiger partial charge < -0.3 is 20.9 Å². The van der Waals surface area contributed by atoms with Gasteiger partial charge in [-0.15, -0.1) is 24.0 Å². The predicted octanol–water partition coefficient (Wildman–Crippen LogP) is 3.54. The third-order valence-corrected chi connectivity index (χ3v) is 5.05. The van der Waals surface area contributed by atoms with Crippen LogP contribution in [0.2, 0.25) is 0 Å². The SMILES string of the molecule is CCNC(=NCCCNC(=O)c1ccccc1)NC1CCN(c2ccc(F)cc2F)C1.I. The van der Waals surface area contributed by atoms with Crippen molar-refractivity contribution in [2.75, 3.05) is 37.6 Å². The minimum absolute atomic E-state index is 0. The number of hydrogen-bond donors (Lipinski definition) is 3. The molecule has 1 heterocycles. The Balaban J connectivity index is 0.00000363. The Bertz CT molecular complexity index is 897. The Morgan fingerprint density at radius 3 is 2.66 bits per heavy atom. The maximum Gasteiger partial charge on any atom is 0.251 e. The molecule has 0 aliphatic carbocycles. The third kappa shape index (κ3) is 7.61. The van der Waals surface area contributed by atoms with Crippen molar-refractivity contribution in [3.63, 3.8) is 0 Å². The van der Waals surface area contributed by atoms with Crippen LogP contribution >= 0.6 is 24.0 Å². The summed E-state index contributed by atoms with van der Waals surface area (Å²) in [7, 11) is 0. The van der Waals surface area contributed by atoms with Gasteiger partial charge in [0.25, 0.3) is 5.91 Å². The molecule has 1 fully saturated rings. The Labute approximate surface area is 204 Å². The molecule has 174 valence electrons. The van der Waals surface area contributed by atoms with Crippen molar-refractivity contribution in [2.24, 2.45) is 4.99 Å². The number of aliphatic imine (C=N–C) groups is 1. The first-order valence-corrected chi connectivity index (χ1v) is 10.6. The molecule has 1 atom stereocenters. The van der Waals surface area contributed by atoms with Gasteiger partial charge in [0.2, 0.25) is 0 Å². The lowest BCUT2D eigenvalue weighted by Gasteiger charge is -2.21. The van der Waals surface area contributed by atoms with E-state index in [9.17, 15) is 13.6 Å². The molecule has 0 bridgehead atoms. The highest BCUT2D eigenvalue weighted by Crippen LogP contribution is 2.24. The van der Waals surface area contributed by atoms with E-state index in [0.29, 0.717) is 49.8 Å². The zero-order valence-electron chi connectivity index (χ0n) is 18.1. The normalized spacial score (nSPS) is 15.8. The van der Waals surface area contributed by atoms with E-state index in [0.717, 1.165) is 19.0 Å². The zero-order chi connectivity index (χ0) is 22.1. The van der Waals surface area contributed by atoms with E-state index in [-0.39, 0.29) is 35.9 Å². The second-order valence-electron chi connectivity index (χ2n) is 7.41. The summed E-state index contributed by atoms with van der Waals surface area (Å²) in [5.74, 6) is -0.507. The summed E-state index contributed by atoms with van der Waals surface area (Å²) < 4.78 is 27.2. The lowest BCUT2D eigenvalue weighted by atomic mass is 10.2. The van der Waals surface area contributed by atoms with Crippen LogP contribution in [0.3, 0.4) is 0 Å². The monoisotopic (exact) mass is 557 g/mol. The van der Waals surface area contributed by atoms with Crippen LogP contribution in [0.4, 0.5) is 14.5 Å². The minimum atomic E-state index is -0.573. The summed E-state index contributed by atoms with van der Waals surface area (Å²) >= 11 is 0. The van der Waals surface area contributed by atoms with Crippen LogP contribution in [0.25, 0.3) is 0 Å². The van der Waals surface area contributed by atoms with Crippen molar-refractivity contribution in [3.8, 4) is 0 Å². The first-order chi connectivity index (χ1) is 15.1. The van der Waals surface area contributed by atoms with E-state index in [4.69, 9.17) is 0 Å². The van der Waals surface area contributed by atoms with Crippen LogP contribution in [0.5, 0.6) is 0 Å². The molecule has 6 nitrogen and oxygen atoms in total. The van der Waals surface area contributed by atoms with E-state index >= 15 is 0 Å². The minimum Gasteiger partial charge on any atom is -0.367 e. The van der Waals surface area contributed by atoms with Crippen molar-refractivity contribution < 1.29 is 13.6 Å². The molecule has 32 heavy (non-hydrogen) atoms. The molecule has 1 aliphatic heterocycles. The molecule has 3 N–H and O–H groups in total. The van der Waals surface area contributed by atoms with Gasteiger partial charge in [0.15, 0.2) is 5.96 Å². The van der Waals surface area contributed by atoms with Gasteiger partial charge in [0.1, 0.15) is 11.6 Å². The number of rotatable bonds is 8. The fraction of sp³-hybridized carbons (Fsp3) is 0.391. The molecular formula is C23H30F2IN5O. The number of hydrogen-bond acceptors (Lipinski definition) is 3. The van der Waals surface area contributed by atoms with Crippen molar-refractivity contribution in [2.45, 2.75) is 25.8 Å². The standard InChI is InChI=1S/C23H29F2N5O.HI/c1-2-26-23(28-13-6-12-27-22(31)17-7-4-3-5-8-17)29-19-11-14-30(16-19)21-10-9-18(24)15-20(21)25;/h3-5,7-10,15,19H,2,6,11-14,16H2,1H3,(H,27,31)(H2,26,28,29);1H. The van der Waals surface area contributed by atoms with Crippen LogP contribution < -0.4 is 20.9 Å². The Hall–Kier alpha value is -2.43. The zero-order valence-corrected chi connectivity index (χ0v) is 20.4. The van der Waals surface area contributed by atoms with Crippen molar-refractivity contribution in [1.82, 2.24) is 16.0 Å². The third-order valence-electron chi connectivity index (χ3n) is 5.05. The first-order valence-electron chi connectivity index (χ1n) is 10.6. The summed E-state index contributed by atoms with van der Waals surface area (Å²) in [5.41, 5.74) is 1.06. The summed E-state index contributed by atoms with van der Waals surface area (Å²) in [5, 5.41) is 9.50. The van der Waals surface area contributed by atoms with Gasteiger partial charge in [-0.2, -0.15) is 0 Å². The summed E-state index contributed by atoms with van der Waals surface area (Å²) in [6.45, 7) is 5.11. The van der Waals surface area contributed by atoms with Crippen LogP contribution in [0.1, 0.15) is 30.1 Å². The van der Waals surface area contributed by atoms with Gasteiger partial charge in [-0.3, -0.25) is 9.79 Å². The molecule has 0 radical (unpaired) electrons. The van der Waals surface area contributed by atoms with E-state index in [1.807, 2.05) is 30.0 Å². The van der Waals surface area contributed by atoms with Gasteiger partial charge in [0, 0.05) is 50.4 Å². The highest BCUT2D eigenvalue weighted by Gasteiger charge is 2.25.